The molecule has 0 amide bonds. The highest BCUT2D eigenvalue weighted by atomic mass is 16.4. The van der Waals surface area contributed by atoms with Crippen LogP contribution in [0.1, 0.15) is 26.2 Å². The van der Waals surface area contributed by atoms with Crippen LogP contribution >= 0.6 is 0 Å². The van der Waals surface area contributed by atoms with Gasteiger partial charge in [-0.05, 0) is 49.7 Å². The second kappa shape index (κ2) is 3.41. The lowest BCUT2D eigenvalue weighted by Gasteiger charge is -2.39. The summed E-state index contributed by atoms with van der Waals surface area (Å²) in [6, 6.07) is 0. The van der Waals surface area contributed by atoms with Crippen molar-refractivity contribution >= 4 is 6.92 Å². The molecule has 1 saturated heterocycles. The van der Waals surface area contributed by atoms with E-state index in [2.05, 4.69) is 6.92 Å². The summed E-state index contributed by atoms with van der Waals surface area (Å²) < 4.78 is 5.46. The van der Waals surface area contributed by atoms with E-state index in [0.717, 1.165) is 17.8 Å². The Morgan fingerprint density at radius 1 is 1.08 bits per heavy atom. The summed E-state index contributed by atoms with van der Waals surface area (Å²) in [7, 11) is 1.87. The smallest absolute Gasteiger partial charge is 0.293 e. The summed E-state index contributed by atoms with van der Waals surface area (Å²) in [5, 5.41) is 0. The van der Waals surface area contributed by atoms with E-state index in [0.29, 0.717) is 6.92 Å². The predicted molar refractivity (Wildman–Crippen MR) is 52.4 cm³/mol. The van der Waals surface area contributed by atoms with Crippen molar-refractivity contribution in [1.29, 1.82) is 0 Å². The number of hydrogen-bond acceptors (Lipinski definition) is 1. The maximum absolute atomic E-state index is 5.46. The van der Waals surface area contributed by atoms with Crippen LogP contribution in [-0.2, 0) is 4.65 Å². The monoisotopic (exact) mass is 166 g/mol. The van der Waals surface area contributed by atoms with Gasteiger partial charge in [-0.3, -0.25) is 0 Å². The molecule has 12 heavy (non-hydrogen) atoms. The van der Waals surface area contributed by atoms with Crippen molar-refractivity contribution in [2.45, 2.75) is 38.8 Å². The van der Waals surface area contributed by atoms with Crippen molar-refractivity contribution in [3.8, 4) is 0 Å². The fraction of sp³-hybridized carbons (Fsp3) is 1.00. The van der Waals surface area contributed by atoms with Gasteiger partial charge in [-0.2, -0.15) is 0 Å². The summed E-state index contributed by atoms with van der Waals surface area (Å²) in [5.74, 6) is 2.95. The Morgan fingerprint density at radius 3 is 2.17 bits per heavy atom. The van der Waals surface area contributed by atoms with Gasteiger partial charge in [-0.1, -0.05) is 6.92 Å². The first kappa shape index (κ1) is 8.62. The van der Waals surface area contributed by atoms with Crippen LogP contribution in [0.5, 0.6) is 0 Å². The molecule has 3 atom stereocenters. The van der Waals surface area contributed by atoms with Gasteiger partial charge in [0.1, 0.15) is 0 Å². The minimum atomic E-state index is 0.584. The molecule has 0 radical (unpaired) electrons. The molecule has 0 spiro atoms. The van der Waals surface area contributed by atoms with Crippen LogP contribution in [0.25, 0.3) is 0 Å². The van der Waals surface area contributed by atoms with E-state index in [1.54, 1.807) is 0 Å². The fourth-order valence-corrected chi connectivity index (χ4v) is 3.32. The Bertz CT molecular complexity index is 142. The van der Waals surface area contributed by atoms with Crippen LogP contribution in [0.3, 0.4) is 0 Å². The highest BCUT2D eigenvalue weighted by Crippen LogP contribution is 2.42. The van der Waals surface area contributed by atoms with Crippen molar-refractivity contribution in [1.82, 2.24) is 0 Å². The maximum Gasteiger partial charge on any atom is 0.293 e. The first-order chi connectivity index (χ1) is 5.78. The van der Waals surface area contributed by atoms with Gasteiger partial charge in [0, 0.05) is 7.11 Å². The molecule has 0 aromatic rings. The van der Waals surface area contributed by atoms with Crippen LogP contribution in [-0.4, -0.2) is 14.0 Å². The van der Waals surface area contributed by atoms with Crippen molar-refractivity contribution in [2.75, 3.05) is 7.11 Å². The molecule has 1 nitrogen and oxygen atoms in total. The van der Waals surface area contributed by atoms with E-state index >= 15 is 0 Å². The molecule has 2 bridgehead atoms. The van der Waals surface area contributed by atoms with Gasteiger partial charge in [0.2, 0.25) is 0 Å². The average molecular weight is 166 g/mol. The average Bonchev–Trinajstić information content (AvgIpc) is 2.02. The standard InChI is InChI=1S/C10H19BO/c1-8-3-9-5-10(4-8)7-11(6-9)12-2/h8-10H,3-7H2,1-2H3/t8?,9-,10+. The number of rotatable bonds is 1. The molecule has 0 aromatic carbocycles. The van der Waals surface area contributed by atoms with Crippen LogP contribution in [0, 0.1) is 17.8 Å². The van der Waals surface area contributed by atoms with Gasteiger partial charge in [-0.15, -0.1) is 0 Å². The topological polar surface area (TPSA) is 9.23 Å². The summed E-state index contributed by atoms with van der Waals surface area (Å²) >= 11 is 0. The van der Waals surface area contributed by atoms with Gasteiger partial charge < -0.3 is 4.65 Å². The Morgan fingerprint density at radius 2 is 1.67 bits per heavy atom. The molecule has 2 heteroatoms. The lowest BCUT2D eigenvalue weighted by molar-refractivity contribution is 0.203. The lowest BCUT2D eigenvalue weighted by atomic mass is 9.46. The zero-order valence-corrected chi connectivity index (χ0v) is 8.25. The number of fused-ring (bicyclic) bond motifs is 2. The minimum absolute atomic E-state index is 0.584. The van der Waals surface area contributed by atoms with Gasteiger partial charge in [-0.25, -0.2) is 0 Å². The molecule has 1 saturated carbocycles. The SMILES string of the molecule is COB1C[C@@H]2CC(C)C[C@H](C1)C2. The lowest BCUT2D eigenvalue weighted by Crippen LogP contribution is -2.35. The van der Waals surface area contributed by atoms with Gasteiger partial charge in [0.25, 0.3) is 6.92 Å². The zero-order valence-electron chi connectivity index (χ0n) is 8.25. The largest absolute Gasteiger partial charge is 0.438 e. The molecule has 1 aliphatic heterocycles. The molecule has 68 valence electrons. The first-order valence-electron chi connectivity index (χ1n) is 5.30. The van der Waals surface area contributed by atoms with E-state index in [9.17, 15) is 0 Å². The Labute approximate surface area is 76.0 Å². The molecule has 2 rings (SSSR count). The molecule has 1 heterocycles. The molecule has 1 unspecified atom stereocenters. The van der Waals surface area contributed by atoms with E-state index in [4.69, 9.17) is 4.65 Å². The van der Waals surface area contributed by atoms with Crippen LogP contribution in [0.4, 0.5) is 0 Å². The molecule has 1 aliphatic carbocycles. The van der Waals surface area contributed by atoms with E-state index in [1.807, 2.05) is 7.11 Å². The van der Waals surface area contributed by atoms with Crippen LogP contribution < -0.4 is 0 Å². The van der Waals surface area contributed by atoms with Crippen LogP contribution in [0.2, 0.25) is 12.6 Å². The molecule has 0 aromatic heterocycles. The molecule has 2 fully saturated rings. The van der Waals surface area contributed by atoms with E-state index in [-0.39, 0.29) is 0 Å². The molecular formula is C10H19BO. The van der Waals surface area contributed by atoms with Gasteiger partial charge >= 0.3 is 0 Å². The van der Waals surface area contributed by atoms with E-state index in [1.165, 1.54) is 31.9 Å². The van der Waals surface area contributed by atoms with Crippen molar-refractivity contribution in [3.63, 3.8) is 0 Å². The quantitative estimate of drug-likeness (QED) is 0.544. The molecule has 2 aliphatic rings. The zero-order chi connectivity index (χ0) is 8.55. The normalized spacial score (nSPS) is 41.5. The highest BCUT2D eigenvalue weighted by molar-refractivity contribution is 6.52. The number of hydrogen-bond donors (Lipinski definition) is 0. The minimum Gasteiger partial charge on any atom is -0.438 e. The van der Waals surface area contributed by atoms with Crippen molar-refractivity contribution < 1.29 is 4.65 Å². The summed E-state index contributed by atoms with van der Waals surface area (Å²) in [4.78, 5) is 0. The van der Waals surface area contributed by atoms with Gasteiger partial charge in [0.15, 0.2) is 0 Å². The maximum atomic E-state index is 5.46. The third-order valence-electron chi connectivity index (χ3n) is 3.66. The second-order valence-corrected chi connectivity index (χ2v) is 4.87. The summed E-state index contributed by atoms with van der Waals surface area (Å²) in [5.41, 5.74) is 0. The Kier molecular flexibility index (Phi) is 2.45. The third-order valence-corrected chi connectivity index (χ3v) is 3.66. The fourth-order valence-electron chi connectivity index (χ4n) is 3.32. The van der Waals surface area contributed by atoms with Crippen molar-refractivity contribution in [3.05, 3.63) is 0 Å². The second-order valence-electron chi connectivity index (χ2n) is 4.87. The first-order valence-corrected chi connectivity index (χ1v) is 5.30. The van der Waals surface area contributed by atoms with Gasteiger partial charge in [0.05, 0.1) is 0 Å². The molecular weight excluding hydrogens is 147 g/mol. The summed E-state index contributed by atoms with van der Waals surface area (Å²) in [6.45, 7) is 2.99. The Hall–Kier alpha value is 0.0249. The summed E-state index contributed by atoms with van der Waals surface area (Å²) in [6.07, 6.45) is 7.06. The Balaban J connectivity index is 1.96. The predicted octanol–water partition coefficient (Wildman–Crippen LogP) is 2.69. The third kappa shape index (κ3) is 1.68. The van der Waals surface area contributed by atoms with Crippen LogP contribution in [0.15, 0.2) is 0 Å². The van der Waals surface area contributed by atoms with Crippen molar-refractivity contribution in [2.24, 2.45) is 17.8 Å². The molecule has 0 N–H and O–H groups in total. The van der Waals surface area contributed by atoms with E-state index < -0.39 is 0 Å². The highest BCUT2D eigenvalue weighted by Gasteiger charge is 2.36.